The maximum absolute atomic E-state index is 12.1. The van der Waals surface area contributed by atoms with E-state index >= 15 is 0 Å². The molecule has 0 bridgehead atoms. The third-order valence-corrected chi connectivity index (χ3v) is 16.2. The molecule has 0 amide bonds. The van der Waals surface area contributed by atoms with E-state index in [2.05, 4.69) is 20.8 Å². The number of rotatable bonds is 17. The third kappa shape index (κ3) is 39.6. The van der Waals surface area contributed by atoms with Crippen LogP contribution < -0.4 is 0 Å². The summed E-state index contributed by atoms with van der Waals surface area (Å²) in [6.07, 6.45) is 22.9. The van der Waals surface area contributed by atoms with Crippen molar-refractivity contribution in [3.8, 4) is 0 Å². The first kappa shape index (κ1) is 106. The topological polar surface area (TPSA) is 132 Å². The molecule has 500 valence electrons. The van der Waals surface area contributed by atoms with Crippen molar-refractivity contribution in [1.82, 2.24) is 0 Å². The Morgan fingerprint density at radius 1 is 0.309 bits per heavy atom. The van der Waals surface area contributed by atoms with Gasteiger partial charge in [0.25, 0.3) is 0 Å². The first-order valence-electron chi connectivity index (χ1n) is 28.4. The number of ether oxygens (including phenoxy) is 5. The van der Waals surface area contributed by atoms with Crippen LogP contribution in [0.25, 0.3) is 0 Å². The van der Waals surface area contributed by atoms with Crippen molar-refractivity contribution in [2.24, 2.45) is 27.1 Å². The Hall–Kier alpha value is -2.65. The van der Waals surface area contributed by atoms with E-state index in [9.17, 15) is 24.0 Å². The van der Waals surface area contributed by atoms with Crippen molar-refractivity contribution in [3.63, 3.8) is 0 Å². The SMILES string of the molecule is C.C.C.C.C.C.C.C.C.C.CCC(C)(C)C(=O)OC(C)(C)C.CCC(C)(C)C(=O)OC1(C)CCCCC1.CCC(C)(C)OC(=O)C(C)(C)CC.CCC1(OC(=O)C(C)(C)CC)CCCC1.CCC1(OC(=O)C(C)(C)CC)CCCCC1. The first-order valence-corrected chi connectivity index (χ1v) is 28.4. The van der Waals surface area contributed by atoms with Gasteiger partial charge in [-0.25, -0.2) is 0 Å². The molecule has 81 heavy (non-hydrogen) atoms. The lowest BCUT2D eigenvalue weighted by Crippen LogP contribution is -2.40. The van der Waals surface area contributed by atoms with Gasteiger partial charge in [-0.3, -0.25) is 24.0 Å². The zero-order valence-corrected chi connectivity index (χ0v) is 51.1. The Bertz CT molecular complexity index is 1570. The predicted octanol–water partition coefficient (Wildman–Crippen LogP) is 23.7. The van der Waals surface area contributed by atoms with Gasteiger partial charge in [-0.05, 0) is 239 Å². The molecule has 3 fully saturated rings. The third-order valence-electron chi connectivity index (χ3n) is 16.2. The number of carbonyl (C=O) groups excluding carboxylic acids is 5. The fraction of sp³-hybridized carbons (Fsp3) is 0.930. The minimum absolute atomic E-state index is 0. The van der Waals surface area contributed by atoms with E-state index in [-0.39, 0.29) is 159 Å². The minimum Gasteiger partial charge on any atom is -0.460 e. The lowest BCUT2D eigenvalue weighted by Gasteiger charge is -2.38. The van der Waals surface area contributed by atoms with E-state index in [1.807, 2.05) is 145 Å². The minimum atomic E-state index is -0.372. The highest BCUT2D eigenvalue weighted by Gasteiger charge is 2.41. The van der Waals surface area contributed by atoms with Crippen LogP contribution in [0.1, 0.15) is 382 Å². The summed E-state index contributed by atoms with van der Waals surface area (Å²) in [5.74, 6) is -0.277. The molecule has 0 aromatic carbocycles. The summed E-state index contributed by atoms with van der Waals surface area (Å²) in [5, 5.41) is 0. The van der Waals surface area contributed by atoms with Gasteiger partial charge >= 0.3 is 29.8 Å². The molecule has 0 aromatic heterocycles. The molecule has 0 radical (unpaired) electrons. The molecule has 0 heterocycles. The standard InChI is InChI=1S/C14H26O2.2C13H24O2.C11H22O2.C10H20O2.10CH4/c1-5-13(3,4)12(15)16-14(6-2)10-8-7-9-11-14;1-5-12(2,3)11(14)15-13(4)9-7-6-8-10-13;1-5-12(3,4)11(14)15-13(6-2)9-7-8-10-13;1-7-10(3,4)9(12)13-11(5,6)8-2;1-7-10(5,6)8(11)12-9(2,3)4;;;;;;;;;;/h5-11H2,1-4H3;2*5-10H2,1-4H3;7-8H2,1-6H3;7H2,1-6H3;10*1H4. The van der Waals surface area contributed by atoms with Gasteiger partial charge in [0, 0.05) is 0 Å². The van der Waals surface area contributed by atoms with Gasteiger partial charge in [0.15, 0.2) is 0 Å². The lowest BCUT2D eigenvalue weighted by molar-refractivity contribution is -0.175. The maximum atomic E-state index is 12.1. The highest BCUT2D eigenvalue weighted by Crippen LogP contribution is 2.40. The summed E-state index contributed by atoms with van der Waals surface area (Å²) in [4.78, 5) is 59.2. The average molecular weight is 1170 g/mol. The summed E-state index contributed by atoms with van der Waals surface area (Å²) in [7, 11) is 0. The van der Waals surface area contributed by atoms with Crippen LogP contribution >= 0.6 is 0 Å². The van der Waals surface area contributed by atoms with E-state index in [1.165, 1.54) is 51.4 Å². The lowest BCUT2D eigenvalue weighted by atomic mass is 9.82. The summed E-state index contributed by atoms with van der Waals surface area (Å²) in [6, 6.07) is 0. The van der Waals surface area contributed by atoms with Crippen molar-refractivity contribution >= 4 is 29.8 Å². The molecule has 0 saturated heterocycles. The van der Waals surface area contributed by atoms with E-state index in [0.29, 0.717) is 0 Å². The number of hydrogen-bond acceptors (Lipinski definition) is 10. The van der Waals surface area contributed by atoms with E-state index in [0.717, 1.165) is 89.9 Å². The van der Waals surface area contributed by atoms with Crippen molar-refractivity contribution < 1.29 is 47.7 Å². The van der Waals surface area contributed by atoms with Gasteiger partial charge in [-0.1, -0.05) is 142 Å². The summed E-state index contributed by atoms with van der Waals surface area (Å²) >= 11 is 0. The first-order chi connectivity index (χ1) is 32.2. The van der Waals surface area contributed by atoms with Gasteiger partial charge < -0.3 is 23.7 Å². The van der Waals surface area contributed by atoms with Crippen LogP contribution in [-0.2, 0) is 47.7 Å². The van der Waals surface area contributed by atoms with Crippen LogP contribution in [0.2, 0.25) is 0 Å². The number of hydrogen-bond donors (Lipinski definition) is 0. The van der Waals surface area contributed by atoms with Crippen molar-refractivity contribution in [3.05, 3.63) is 0 Å². The zero-order valence-electron chi connectivity index (χ0n) is 51.1. The van der Waals surface area contributed by atoms with Gasteiger partial charge in [-0.2, -0.15) is 0 Å². The molecule has 0 aliphatic heterocycles. The van der Waals surface area contributed by atoms with Gasteiger partial charge in [0.2, 0.25) is 0 Å². The second-order valence-electron chi connectivity index (χ2n) is 26.2. The molecular weight excluding hydrogens is 1010 g/mol. The molecule has 3 aliphatic rings. The normalized spacial score (nSPS) is 15.7. The van der Waals surface area contributed by atoms with Crippen LogP contribution in [0.5, 0.6) is 0 Å². The molecule has 3 saturated carbocycles. The monoisotopic (exact) mass is 1170 g/mol. The fourth-order valence-corrected chi connectivity index (χ4v) is 7.30. The molecule has 0 aromatic rings. The molecular formula is C71H156O10. The largest absolute Gasteiger partial charge is 0.460 e. The van der Waals surface area contributed by atoms with Gasteiger partial charge in [-0.15, -0.1) is 0 Å². The Kier molecular flexibility index (Phi) is 60.1. The summed E-state index contributed by atoms with van der Waals surface area (Å²) in [6.45, 7) is 47.4. The fourth-order valence-electron chi connectivity index (χ4n) is 7.30. The zero-order chi connectivity index (χ0) is 56.0. The second-order valence-corrected chi connectivity index (χ2v) is 26.2. The molecule has 10 heteroatoms. The molecule has 0 unspecified atom stereocenters. The summed E-state index contributed by atoms with van der Waals surface area (Å²) in [5.41, 5.74) is -2.88. The van der Waals surface area contributed by atoms with Crippen molar-refractivity contribution in [2.75, 3.05) is 0 Å². The number of esters is 5. The smallest absolute Gasteiger partial charge is 0.312 e. The predicted molar refractivity (Wildman–Crippen MR) is 361 cm³/mol. The highest BCUT2D eigenvalue weighted by molar-refractivity contribution is 5.78. The van der Waals surface area contributed by atoms with Crippen LogP contribution in [-0.4, -0.2) is 57.9 Å². The summed E-state index contributed by atoms with van der Waals surface area (Å²) < 4.78 is 28.0. The van der Waals surface area contributed by atoms with E-state index in [1.54, 1.807) is 0 Å². The molecule has 3 aliphatic carbocycles. The van der Waals surface area contributed by atoms with Crippen LogP contribution in [0.3, 0.4) is 0 Å². The molecule has 0 spiro atoms. The maximum Gasteiger partial charge on any atom is 0.312 e. The van der Waals surface area contributed by atoms with Crippen molar-refractivity contribution in [2.45, 2.75) is 410 Å². The number of carbonyl (C=O) groups is 5. The average Bonchev–Trinajstić information content (AvgIpc) is 3.78. The Balaban J connectivity index is -0.0000000715. The van der Waals surface area contributed by atoms with E-state index in [4.69, 9.17) is 23.7 Å². The Labute approximate surface area is 512 Å². The highest BCUT2D eigenvalue weighted by atomic mass is 16.6. The molecule has 0 N–H and O–H groups in total. The quantitative estimate of drug-likeness (QED) is 0.102. The van der Waals surface area contributed by atoms with E-state index < -0.39 is 0 Å². The van der Waals surface area contributed by atoms with Gasteiger partial charge in [0.05, 0.1) is 27.1 Å². The molecule has 0 atom stereocenters. The molecule has 3 rings (SSSR count). The second kappa shape index (κ2) is 45.7. The van der Waals surface area contributed by atoms with Crippen LogP contribution in [0.15, 0.2) is 0 Å². The Morgan fingerprint density at radius 2 is 0.531 bits per heavy atom. The van der Waals surface area contributed by atoms with Crippen molar-refractivity contribution in [1.29, 1.82) is 0 Å². The van der Waals surface area contributed by atoms with Crippen LogP contribution in [0.4, 0.5) is 0 Å². The Morgan fingerprint density at radius 3 is 0.765 bits per heavy atom. The molecule has 10 nitrogen and oxygen atoms in total. The van der Waals surface area contributed by atoms with Crippen LogP contribution in [0, 0.1) is 27.1 Å². The van der Waals surface area contributed by atoms with Gasteiger partial charge in [0.1, 0.15) is 28.0 Å².